The zero-order valence-corrected chi connectivity index (χ0v) is 15.1. The van der Waals surface area contributed by atoms with E-state index in [1.165, 1.54) is 0 Å². The van der Waals surface area contributed by atoms with Gasteiger partial charge in [-0.15, -0.1) is 0 Å². The smallest absolute Gasteiger partial charge is 0.338 e. The van der Waals surface area contributed by atoms with Crippen LogP contribution in [0.15, 0.2) is 48.5 Å². The van der Waals surface area contributed by atoms with E-state index in [4.69, 9.17) is 15.2 Å². The van der Waals surface area contributed by atoms with E-state index < -0.39 is 5.97 Å². The van der Waals surface area contributed by atoms with Crippen molar-refractivity contribution in [3.8, 4) is 0 Å². The quantitative estimate of drug-likeness (QED) is 0.580. The predicted molar refractivity (Wildman–Crippen MR) is 99.6 cm³/mol. The molecule has 0 aliphatic carbocycles. The SMILES string of the molecule is COCCN(Cc1ccccc1)C(=O)COC(=O)c1ccc(C)c(N)c1. The molecule has 0 atom stereocenters. The molecule has 6 heteroatoms. The zero-order valence-electron chi connectivity index (χ0n) is 15.1. The zero-order chi connectivity index (χ0) is 18.9. The second kappa shape index (κ2) is 9.58. The topological polar surface area (TPSA) is 81.9 Å². The molecule has 0 aliphatic heterocycles. The molecule has 0 saturated heterocycles. The lowest BCUT2D eigenvalue weighted by Gasteiger charge is -2.22. The van der Waals surface area contributed by atoms with Crippen LogP contribution in [-0.4, -0.2) is 43.6 Å². The van der Waals surface area contributed by atoms with Crippen molar-refractivity contribution in [3.05, 3.63) is 65.2 Å². The summed E-state index contributed by atoms with van der Waals surface area (Å²) in [4.78, 5) is 26.2. The molecular weight excluding hydrogens is 332 g/mol. The number of rotatable bonds is 8. The highest BCUT2D eigenvalue weighted by atomic mass is 16.5. The maximum atomic E-state index is 12.5. The van der Waals surface area contributed by atoms with Crippen LogP contribution in [0, 0.1) is 6.92 Å². The highest BCUT2D eigenvalue weighted by Crippen LogP contribution is 2.14. The minimum atomic E-state index is -0.573. The third kappa shape index (κ3) is 5.60. The molecule has 26 heavy (non-hydrogen) atoms. The number of methoxy groups -OCH3 is 1. The highest BCUT2D eigenvalue weighted by Gasteiger charge is 2.17. The van der Waals surface area contributed by atoms with Gasteiger partial charge in [-0.2, -0.15) is 0 Å². The number of nitrogens with zero attached hydrogens (tertiary/aromatic N) is 1. The number of amides is 1. The summed E-state index contributed by atoms with van der Waals surface area (Å²) in [7, 11) is 1.58. The fourth-order valence-electron chi connectivity index (χ4n) is 2.37. The number of aryl methyl sites for hydroxylation is 1. The van der Waals surface area contributed by atoms with Gasteiger partial charge >= 0.3 is 5.97 Å². The van der Waals surface area contributed by atoms with Crippen LogP contribution in [0.2, 0.25) is 0 Å². The molecule has 2 aromatic carbocycles. The average molecular weight is 356 g/mol. The van der Waals surface area contributed by atoms with Crippen LogP contribution in [-0.2, 0) is 20.8 Å². The van der Waals surface area contributed by atoms with Gasteiger partial charge in [-0.3, -0.25) is 4.79 Å². The van der Waals surface area contributed by atoms with E-state index in [0.29, 0.717) is 30.9 Å². The monoisotopic (exact) mass is 356 g/mol. The molecule has 0 aliphatic rings. The number of nitrogens with two attached hydrogens (primary N) is 1. The van der Waals surface area contributed by atoms with E-state index in [1.807, 2.05) is 37.3 Å². The van der Waals surface area contributed by atoms with E-state index in [9.17, 15) is 9.59 Å². The molecule has 0 saturated carbocycles. The third-order valence-electron chi connectivity index (χ3n) is 3.98. The summed E-state index contributed by atoms with van der Waals surface area (Å²) < 4.78 is 10.2. The van der Waals surface area contributed by atoms with Crippen LogP contribution in [0.1, 0.15) is 21.5 Å². The minimum absolute atomic E-state index is 0.278. The van der Waals surface area contributed by atoms with Gasteiger partial charge in [-0.1, -0.05) is 36.4 Å². The number of nitrogen functional groups attached to an aromatic ring is 1. The third-order valence-corrected chi connectivity index (χ3v) is 3.98. The average Bonchev–Trinajstić information content (AvgIpc) is 2.65. The van der Waals surface area contributed by atoms with Crippen molar-refractivity contribution in [2.24, 2.45) is 0 Å². The standard InChI is InChI=1S/C20H24N2O4/c1-15-8-9-17(12-18(15)21)20(24)26-14-19(23)22(10-11-25-2)13-16-6-4-3-5-7-16/h3-9,12H,10-11,13-14,21H2,1-2H3. The van der Waals surface area contributed by atoms with E-state index >= 15 is 0 Å². The summed E-state index contributed by atoms with van der Waals surface area (Å²) in [6.07, 6.45) is 0. The fourth-order valence-corrected chi connectivity index (χ4v) is 2.37. The molecule has 2 N–H and O–H groups in total. The van der Waals surface area contributed by atoms with Crippen molar-refractivity contribution in [1.82, 2.24) is 4.90 Å². The van der Waals surface area contributed by atoms with Crippen molar-refractivity contribution >= 4 is 17.6 Å². The molecule has 0 radical (unpaired) electrons. The molecular formula is C20H24N2O4. The van der Waals surface area contributed by atoms with Gasteiger partial charge in [-0.25, -0.2) is 4.79 Å². The van der Waals surface area contributed by atoms with Crippen molar-refractivity contribution in [2.45, 2.75) is 13.5 Å². The molecule has 2 rings (SSSR count). The molecule has 0 unspecified atom stereocenters. The number of benzene rings is 2. The molecule has 2 aromatic rings. The van der Waals surface area contributed by atoms with Crippen LogP contribution in [0.4, 0.5) is 5.69 Å². The van der Waals surface area contributed by atoms with Gasteiger partial charge in [0, 0.05) is 25.9 Å². The second-order valence-corrected chi connectivity index (χ2v) is 5.94. The Labute approximate surface area is 153 Å². The fraction of sp³-hybridized carbons (Fsp3) is 0.300. The van der Waals surface area contributed by atoms with Gasteiger partial charge in [0.25, 0.3) is 5.91 Å². The first-order valence-corrected chi connectivity index (χ1v) is 8.35. The molecule has 0 fully saturated rings. The molecule has 0 spiro atoms. The summed E-state index contributed by atoms with van der Waals surface area (Å²) in [5.74, 6) is -0.851. The van der Waals surface area contributed by atoms with Gasteiger partial charge < -0.3 is 20.1 Å². The first-order chi connectivity index (χ1) is 12.5. The Morgan fingerprint density at radius 3 is 2.50 bits per heavy atom. The molecule has 0 heterocycles. The van der Waals surface area contributed by atoms with Crippen LogP contribution in [0.3, 0.4) is 0 Å². The summed E-state index contributed by atoms with van der Waals surface area (Å²) >= 11 is 0. The molecule has 0 aromatic heterocycles. The molecule has 0 bridgehead atoms. The first-order valence-electron chi connectivity index (χ1n) is 8.35. The highest BCUT2D eigenvalue weighted by molar-refractivity contribution is 5.92. The largest absolute Gasteiger partial charge is 0.452 e. The summed E-state index contributed by atoms with van der Waals surface area (Å²) in [5.41, 5.74) is 8.52. The van der Waals surface area contributed by atoms with Crippen LogP contribution in [0.5, 0.6) is 0 Å². The maximum Gasteiger partial charge on any atom is 0.338 e. The van der Waals surface area contributed by atoms with Gasteiger partial charge in [0.2, 0.25) is 0 Å². The number of esters is 1. The van der Waals surface area contributed by atoms with Crippen LogP contribution in [0.25, 0.3) is 0 Å². The Morgan fingerprint density at radius 1 is 1.12 bits per heavy atom. The summed E-state index contributed by atoms with van der Waals surface area (Å²) in [5, 5.41) is 0. The maximum absolute atomic E-state index is 12.5. The van der Waals surface area contributed by atoms with Crippen LogP contribution >= 0.6 is 0 Å². The van der Waals surface area contributed by atoms with E-state index in [1.54, 1.807) is 30.2 Å². The van der Waals surface area contributed by atoms with Crippen molar-refractivity contribution in [1.29, 1.82) is 0 Å². The van der Waals surface area contributed by atoms with Gasteiger partial charge in [0.15, 0.2) is 6.61 Å². The number of anilines is 1. The summed E-state index contributed by atoms with van der Waals surface area (Å²) in [6.45, 7) is 2.77. The predicted octanol–water partition coefficient (Wildman–Crippen LogP) is 2.41. The second-order valence-electron chi connectivity index (χ2n) is 5.94. The van der Waals surface area contributed by atoms with E-state index in [-0.39, 0.29) is 12.5 Å². The number of ether oxygens (including phenoxy) is 2. The van der Waals surface area contributed by atoms with Crippen LogP contribution < -0.4 is 5.73 Å². The Hall–Kier alpha value is -2.86. The van der Waals surface area contributed by atoms with Crippen molar-refractivity contribution in [3.63, 3.8) is 0 Å². The lowest BCUT2D eigenvalue weighted by atomic mass is 10.1. The van der Waals surface area contributed by atoms with Crippen molar-refractivity contribution < 1.29 is 19.1 Å². The Balaban J connectivity index is 1.97. The Kier molecular flexibility index (Phi) is 7.17. The lowest BCUT2D eigenvalue weighted by Crippen LogP contribution is -2.36. The molecule has 1 amide bonds. The molecule has 138 valence electrons. The normalized spacial score (nSPS) is 10.4. The summed E-state index contributed by atoms with van der Waals surface area (Å²) in [6, 6.07) is 14.5. The number of hydrogen-bond donors (Lipinski definition) is 1. The Bertz CT molecular complexity index is 747. The van der Waals surface area contributed by atoms with E-state index in [2.05, 4.69) is 0 Å². The number of hydrogen-bond acceptors (Lipinski definition) is 5. The number of carbonyl (C=O) groups is 2. The minimum Gasteiger partial charge on any atom is -0.452 e. The Morgan fingerprint density at radius 2 is 1.85 bits per heavy atom. The molecule has 6 nitrogen and oxygen atoms in total. The first kappa shape index (κ1) is 19.5. The lowest BCUT2D eigenvalue weighted by molar-refractivity contribution is -0.135. The van der Waals surface area contributed by atoms with Gasteiger partial charge in [0.1, 0.15) is 0 Å². The van der Waals surface area contributed by atoms with Gasteiger partial charge in [0.05, 0.1) is 12.2 Å². The van der Waals surface area contributed by atoms with Crippen molar-refractivity contribution in [2.75, 3.05) is 32.6 Å². The van der Waals surface area contributed by atoms with Gasteiger partial charge in [-0.05, 0) is 30.2 Å². The van der Waals surface area contributed by atoms with E-state index in [0.717, 1.165) is 11.1 Å². The number of carbonyl (C=O) groups excluding carboxylic acids is 2.